The molecule has 3 rings (SSSR count). The minimum absolute atomic E-state index is 0.455. The zero-order valence-corrected chi connectivity index (χ0v) is 21.8. The average molecular weight is 480 g/mol. The van der Waals surface area contributed by atoms with E-state index in [-0.39, 0.29) is 0 Å². The molecule has 0 aliphatic heterocycles. The van der Waals surface area contributed by atoms with E-state index in [0.29, 0.717) is 17.7 Å². The number of para-hydroxylation sites is 1. The van der Waals surface area contributed by atoms with E-state index in [1.807, 2.05) is 36.4 Å². The Morgan fingerprint density at radius 1 is 0.914 bits per heavy atom. The van der Waals surface area contributed by atoms with Crippen LogP contribution < -0.4 is 10.5 Å². The molecule has 2 aromatic carbocycles. The Bertz CT molecular complexity index is 1070. The van der Waals surface area contributed by atoms with Crippen LogP contribution in [0.4, 0.5) is 0 Å². The molecule has 0 unspecified atom stereocenters. The molecule has 1 heterocycles. The SMILES string of the molecule is CCN(CC)CCCOc1ccc(-c2nc3c(C(N)=O)cccc3n2CCCN(CC)CC)cc1. The van der Waals surface area contributed by atoms with Crippen molar-refractivity contribution in [2.75, 3.05) is 45.9 Å². The topological polar surface area (TPSA) is 76.6 Å². The van der Waals surface area contributed by atoms with Crippen molar-refractivity contribution in [3.8, 4) is 17.1 Å². The molecule has 190 valence electrons. The third kappa shape index (κ3) is 6.83. The third-order valence-electron chi connectivity index (χ3n) is 6.69. The van der Waals surface area contributed by atoms with Crippen LogP contribution in [0.5, 0.6) is 5.75 Å². The summed E-state index contributed by atoms with van der Waals surface area (Å²) in [6, 6.07) is 13.7. The second kappa shape index (κ2) is 13.3. The predicted molar refractivity (Wildman–Crippen MR) is 144 cm³/mol. The first-order chi connectivity index (χ1) is 17.0. The summed E-state index contributed by atoms with van der Waals surface area (Å²) in [5.41, 5.74) is 8.71. The van der Waals surface area contributed by atoms with Crippen molar-refractivity contribution in [2.45, 2.75) is 47.1 Å². The van der Waals surface area contributed by atoms with Crippen molar-refractivity contribution in [2.24, 2.45) is 5.73 Å². The number of carbonyl (C=O) groups excluding carboxylic acids is 1. The van der Waals surface area contributed by atoms with E-state index in [0.717, 1.165) is 81.3 Å². The minimum Gasteiger partial charge on any atom is -0.494 e. The fraction of sp³-hybridized carbons (Fsp3) is 0.500. The van der Waals surface area contributed by atoms with E-state index in [9.17, 15) is 4.79 Å². The van der Waals surface area contributed by atoms with Crippen molar-refractivity contribution in [3.05, 3.63) is 48.0 Å². The van der Waals surface area contributed by atoms with Gasteiger partial charge in [0.2, 0.25) is 0 Å². The van der Waals surface area contributed by atoms with Crippen LogP contribution in [0.15, 0.2) is 42.5 Å². The normalized spacial score (nSPS) is 11.6. The fourth-order valence-corrected chi connectivity index (χ4v) is 4.50. The number of hydrogen-bond donors (Lipinski definition) is 1. The number of fused-ring (bicyclic) bond motifs is 1. The van der Waals surface area contributed by atoms with Crippen LogP contribution in [0, 0.1) is 0 Å². The van der Waals surface area contributed by atoms with E-state index in [4.69, 9.17) is 15.5 Å². The number of hydrogen-bond acceptors (Lipinski definition) is 5. The molecule has 1 aromatic heterocycles. The zero-order chi connectivity index (χ0) is 25.2. The molecule has 0 bridgehead atoms. The van der Waals surface area contributed by atoms with Gasteiger partial charge in [-0.25, -0.2) is 4.98 Å². The molecule has 0 atom stereocenters. The first-order valence-electron chi connectivity index (χ1n) is 13.0. The molecule has 0 radical (unpaired) electrons. The maximum absolute atomic E-state index is 12.1. The van der Waals surface area contributed by atoms with E-state index in [1.165, 1.54) is 0 Å². The molecule has 1 amide bonds. The molecular formula is C28H41N5O2. The second-order valence-corrected chi connectivity index (χ2v) is 8.76. The molecule has 0 saturated heterocycles. The highest BCUT2D eigenvalue weighted by Gasteiger charge is 2.17. The van der Waals surface area contributed by atoms with E-state index >= 15 is 0 Å². The maximum atomic E-state index is 12.1. The molecule has 0 aliphatic carbocycles. The Morgan fingerprint density at radius 3 is 2.14 bits per heavy atom. The van der Waals surface area contributed by atoms with Crippen LogP contribution >= 0.6 is 0 Å². The molecule has 0 saturated carbocycles. The Morgan fingerprint density at radius 2 is 1.54 bits per heavy atom. The molecule has 7 heteroatoms. The summed E-state index contributed by atoms with van der Waals surface area (Å²) in [7, 11) is 0. The van der Waals surface area contributed by atoms with Gasteiger partial charge >= 0.3 is 0 Å². The van der Waals surface area contributed by atoms with Gasteiger partial charge in [0.25, 0.3) is 5.91 Å². The molecule has 3 aromatic rings. The van der Waals surface area contributed by atoms with Gasteiger partial charge in [-0.1, -0.05) is 33.8 Å². The molecule has 0 spiro atoms. The number of nitrogens with zero attached hydrogens (tertiary/aromatic N) is 4. The Kier molecular flexibility index (Phi) is 10.1. The molecular weight excluding hydrogens is 438 g/mol. The number of ether oxygens (including phenoxy) is 1. The van der Waals surface area contributed by atoms with Crippen molar-refractivity contribution in [3.63, 3.8) is 0 Å². The van der Waals surface area contributed by atoms with Gasteiger partial charge in [-0.05, 0) is 82.0 Å². The first kappa shape index (κ1) is 26.7. The maximum Gasteiger partial charge on any atom is 0.250 e. The van der Waals surface area contributed by atoms with Crippen molar-refractivity contribution in [1.29, 1.82) is 0 Å². The lowest BCUT2D eigenvalue weighted by Crippen LogP contribution is -2.25. The molecule has 35 heavy (non-hydrogen) atoms. The quantitative estimate of drug-likeness (QED) is 0.321. The Hall–Kier alpha value is -2.90. The number of carbonyl (C=O) groups is 1. The lowest BCUT2D eigenvalue weighted by atomic mass is 10.2. The summed E-state index contributed by atoms with van der Waals surface area (Å²) in [4.78, 5) is 21.8. The van der Waals surface area contributed by atoms with Crippen molar-refractivity contribution >= 4 is 16.9 Å². The van der Waals surface area contributed by atoms with E-state index in [2.05, 4.69) is 42.1 Å². The number of aryl methyl sites for hydroxylation is 1. The lowest BCUT2D eigenvalue weighted by molar-refractivity contribution is 0.100. The number of primary amides is 1. The number of imidazole rings is 1. The third-order valence-corrected chi connectivity index (χ3v) is 6.69. The molecule has 0 fully saturated rings. The number of rotatable bonds is 15. The zero-order valence-electron chi connectivity index (χ0n) is 21.8. The minimum atomic E-state index is -0.455. The van der Waals surface area contributed by atoms with Gasteiger partial charge in [-0.3, -0.25) is 4.79 Å². The number of amides is 1. The summed E-state index contributed by atoms with van der Waals surface area (Å²) in [5, 5.41) is 0. The second-order valence-electron chi connectivity index (χ2n) is 8.76. The number of benzene rings is 2. The highest BCUT2D eigenvalue weighted by atomic mass is 16.5. The van der Waals surface area contributed by atoms with Crippen LogP contribution in [-0.4, -0.2) is 71.1 Å². The largest absolute Gasteiger partial charge is 0.494 e. The van der Waals surface area contributed by atoms with Gasteiger partial charge in [-0.2, -0.15) is 0 Å². The molecule has 7 nitrogen and oxygen atoms in total. The Balaban J connectivity index is 1.81. The molecule has 0 aliphatic rings. The van der Waals surface area contributed by atoms with Gasteiger partial charge in [0.1, 0.15) is 17.1 Å². The van der Waals surface area contributed by atoms with Crippen LogP contribution in [0.1, 0.15) is 50.9 Å². The summed E-state index contributed by atoms with van der Waals surface area (Å²) in [6.45, 7) is 16.5. The highest BCUT2D eigenvalue weighted by molar-refractivity contribution is 6.04. The smallest absolute Gasteiger partial charge is 0.250 e. The lowest BCUT2D eigenvalue weighted by Gasteiger charge is -2.18. The Labute approximate surface area is 209 Å². The van der Waals surface area contributed by atoms with Gasteiger partial charge < -0.3 is 24.8 Å². The van der Waals surface area contributed by atoms with Crippen molar-refractivity contribution in [1.82, 2.24) is 19.4 Å². The predicted octanol–water partition coefficient (Wildman–Crippen LogP) is 4.64. The van der Waals surface area contributed by atoms with Gasteiger partial charge in [0, 0.05) is 18.7 Å². The van der Waals surface area contributed by atoms with Crippen LogP contribution in [0.25, 0.3) is 22.4 Å². The number of nitrogens with two attached hydrogens (primary N) is 1. The van der Waals surface area contributed by atoms with Gasteiger partial charge in [0.05, 0.1) is 17.7 Å². The van der Waals surface area contributed by atoms with Crippen LogP contribution in [-0.2, 0) is 6.54 Å². The molecule has 2 N–H and O–H groups in total. The van der Waals surface area contributed by atoms with Crippen LogP contribution in [0.2, 0.25) is 0 Å². The summed E-state index contributed by atoms with van der Waals surface area (Å²) >= 11 is 0. The monoisotopic (exact) mass is 479 g/mol. The standard InChI is InChI=1S/C28H41N5O2/c1-5-31(6-2)18-10-20-33-25-13-9-12-24(27(29)34)26(25)30-28(33)22-14-16-23(17-15-22)35-21-11-19-32(7-3)8-4/h9,12-17H,5-8,10-11,18-21H2,1-4H3,(H2,29,34). The van der Waals surface area contributed by atoms with Crippen LogP contribution in [0.3, 0.4) is 0 Å². The fourth-order valence-electron chi connectivity index (χ4n) is 4.50. The van der Waals surface area contributed by atoms with Crippen molar-refractivity contribution < 1.29 is 9.53 Å². The van der Waals surface area contributed by atoms with Gasteiger partial charge in [-0.15, -0.1) is 0 Å². The highest BCUT2D eigenvalue weighted by Crippen LogP contribution is 2.28. The summed E-state index contributed by atoms with van der Waals surface area (Å²) in [6.07, 6.45) is 2.00. The van der Waals surface area contributed by atoms with Gasteiger partial charge in [0.15, 0.2) is 0 Å². The summed E-state index contributed by atoms with van der Waals surface area (Å²) in [5.74, 6) is 1.25. The number of aromatic nitrogens is 2. The van der Waals surface area contributed by atoms with E-state index in [1.54, 1.807) is 6.07 Å². The first-order valence-corrected chi connectivity index (χ1v) is 13.0. The average Bonchev–Trinajstić information content (AvgIpc) is 3.25. The summed E-state index contributed by atoms with van der Waals surface area (Å²) < 4.78 is 8.18. The van der Waals surface area contributed by atoms with E-state index < -0.39 is 5.91 Å².